The second kappa shape index (κ2) is 9.73. The maximum Gasteiger partial charge on any atom is 0.331 e. The number of aliphatic carboxylic acids is 2. The topological polar surface area (TPSA) is 86.6 Å². The number of hydrogen-bond donors (Lipinski definition) is 3. The van der Waals surface area contributed by atoms with E-state index in [1.807, 2.05) is 0 Å². The predicted molar refractivity (Wildman–Crippen MR) is 53.2 cm³/mol. The van der Waals surface area contributed by atoms with Gasteiger partial charge < -0.3 is 15.5 Å². The van der Waals surface area contributed by atoms with Crippen molar-refractivity contribution in [3.63, 3.8) is 0 Å². The van der Waals surface area contributed by atoms with Gasteiger partial charge in [0.05, 0.1) is 6.42 Å². The van der Waals surface area contributed by atoms with Crippen molar-refractivity contribution in [2.45, 2.75) is 20.3 Å². The molecule has 0 aromatic heterocycles. The SMILES string of the molecule is C=C(CC(=O)O)C(=O)O.CCNCC. The summed E-state index contributed by atoms with van der Waals surface area (Å²) >= 11 is 0. The fraction of sp³-hybridized carbons (Fsp3) is 0.556. The average Bonchev–Trinajstić information content (AvgIpc) is 2.05. The summed E-state index contributed by atoms with van der Waals surface area (Å²) in [5.74, 6) is -2.44. The molecule has 0 spiro atoms. The molecule has 0 bridgehead atoms. The quantitative estimate of drug-likeness (QED) is 0.573. The molecule has 0 amide bonds. The van der Waals surface area contributed by atoms with Crippen LogP contribution < -0.4 is 5.32 Å². The molecule has 0 aromatic carbocycles. The first-order chi connectivity index (χ1) is 6.45. The van der Waals surface area contributed by atoms with E-state index in [4.69, 9.17) is 10.2 Å². The van der Waals surface area contributed by atoms with Crippen LogP contribution in [0.2, 0.25) is 0 Å². The molecule has 0 radical (unpaired) electrons. The predicted octanol–water partition coefficient (Wildman–Crippen LogP) is 0.718. The summed E-state index contributed by atoms with van der Waals surface area (Å²) in [6.45, 7) is 9.40. The summed E-state index contributed by atoms with van der Waals surface area (Å²) < 4.78 is 0. The Kier molecular flexibility index (Phi) is 10.5. The third kappa shape index (κ3) is 13.2. The largest absolute Gasteiger partial charge is 0.481 e. The highest BCUT2D eigenvalue weighted by Crippen LogP contribution is 1.95. The molecule has 0 fully saturated rings. The molecule has 14 heavy (non-hydrogen) atoms. The molecule has 0 rings (SSSR count). The first-order valence-corrected chi connectivity index (χ1v) is 4.29. The van der Waals surface area contributed by atoms with Crippen LogP contribution in [0.5, 0.6) is 0 Å². The molecule has 5 heteroatoms. The third-order valence-corrected chi connectivity index (χ3v) is 1.17. The van der Waals surface area contributed by atoms with Gasteiger partial charge in [-0.25, -0.2) is 4.79 Å². The van der Waals surface area contributed by atoms with Crippen LogP contribution in [0.1, 0.15) is 20.3 Å². The Labute approximate surface area is 83.4 Å². The lowest BCUT2D eigenvalue weighted by Crippen LogP contribution is -2.09. The van der Waals surface area contributed by atoms with Gasteiger partial charge in [-0.2, -0.15) is 0 Å². The van der Waals surface area contributed by atoms with Crippen LogP contribution in [0.3, 0.4) is 0 Å². The summed E-state index contributed by atoms with van der Waals surface area (Å²) in [6.07, 6.45) is -0.505. The van der Waals surface area contributed by atoms with Crippen molar-refractivity contribution in [1.29, 1.82) is 0 Å². The monoisotopic (exact) mass is 203 g/mol. The molecule has 0 aliphatic heterocycles. The zero-order valence-corrected chi connectivity index (χ0v) is 8.54. The highest BCUT2D eigenvalue weighted by atomic mass is 16.4. The Morgan fingerprint density at radius 1 is 1.21 bits per heavy atom. The fourth-order valence-electron chi connectivity index (χ4n) is 0.508. The first kappa shape index (κ1) is 15.1. The zero-order chi connectivity index (χ0) is 11.6. The Hall–Kier alpha value is -1.36. The molecule has 0 saturated carbocycles. The summed E-state index contributed by atoms with van der Waals surface area (Å²) in [6, 6.07) is 0. The molecular formula is C9H17NO4. The van der Waals surface area contributed by atoms with E-state index in [0.717, 1.165) is 13.1 Å². The summed E-state index contributed by atoms with van der Waals surface area (Å²) in [5.41, 5.74) is -0.303. The van der Waals surface area contributed by atoms with Gasteiger partial charge in [-0.1, -0.05) is 20.4 Å². The minimum Gasteiger partial charge on any atom is -0.481 e. The Balaban J connectivity index is 0. The van der Waals surface area contributed by atoms with Gasteiger partial charge in [0.25, 0.3) is 0 Å². The van der Waals surface area contributed by atoms with Crippen LogP contribution in [0.15, 0.2) is 12.2 Å². The molecule has 0 aliphatic carbocycles. The van der Waals surface area contributed by atoms with Gasteiger partial charge in [-0.3, -0.25) is 4.79 Å². The standard InChI is InChI=1S/C5H6O4.C4H11N/c1-3(5(8)9)2-4(6)7;1-3-5-4-2/h1-2H2,(H,6,7)(H,8,9);5H,3-4H2,1-2H3. The zero-order valence-electron chi connectivity index (χ0n) is 8.54. The average molecular weight is 203 g/mol. The van der Waals surface area contributed by atoms with Crippen molar-refractivity contribution < 1.29 is 19.8 Å². The maximum atomic E-state index is 9.87. The van der Waals surface area contributed by atoms with E-state index in [2.05, 4.69) is 25.7 Å². The van der Waals surface area contributed by atoms with Crippen molar-refractivity contribution >= 4 is 11.9 Å². The van der Waals surface area contributed by atoms with Crippen LogP contribution in [0.25, 0.3) is 0 Å². The van der Waals surface area contributed by atoms with Gasteiger partial charge in [0, 0.05) is 5.57 Å². The molecule has 0 atom stereocenters. The highest BCUT2D eigenvalue weighted by molar-refractivity contribution is 5.91. The van der Waals surface area contributed by atoms with Crippen molar-refractivity contribution in [2.75, 3.05) is 13.1 Å². The van der Waals surface area contributed by atoms with Gasteiger partial charge >= 0.3 is 11.9 Å². The number of nitrogens with one attached hydrogen (secondary N) is 1. The number of carbonyl (C=O) groups is 2. The van der Waals surface area contributed by atoms with Gasteiger partial charge in [0.2, 0.25) is 0 Å². The smallest absolute Gasteiger partial charge is 0.331 e. The Bertz CT molecular complexity index is 199. The van der Waals surface area contributed by atoms with E-state index < -0.39 is 18.4 Å². The third-order valence-electron chi connectivity index (χ3n) is 1.17. The van der Waals surface area contributed by atoms with E-state index in [1.165, 1.54) is 0 Å². The molecule has 3 N–H and O–H groups in total. The molecule has 0 heterocycles. The van der Waals surface area contributed by atoms with Crippen LogP contribution >= 0.6 is 0 Å². The lowest BCUT2D eigenvalue weighted by atomic mass is 10.2. The van der Waals surface area contributed by atoms with Gasteiger partial charge in [-0.15, -0.1) is 0 Å². The molecule has 82 valence electrons. The Morgan fingerprint density at radius 3 is 1.71 bits per heavy atom. The van der Waals surface area contributed by atoms with Gasteiger partial charge in [0.15, 0.2) is 0 Å². The van der Waals surface area contributed by atoms with Crippen molar-refractivity contribution in [3.05, 3.63) is 12.2 Å². The second-order valence-electron chi connectivity index (χ2n) is 2.44. The number of carboxylic acids is 2. The van der Waals surface area contributed by atoms with Crippen LogP contribution in [-0.4, -0.2) is 35.2 Å². The van der Waals surface area contributed by atoms with E-state index in [-0.39, 0.29) is 5.57 Å². The van der Waals surface area contributed by atoms with Crippen LogP contribution in [-0.2, 0) is 9.59 Å². The van der Waals surface area contributed by atoms with Crippen LogP contribution in [0, 0.1) is 0 Å². The van der Waals surface area contributed by atoms with E-state index >= 15 is 0 Å². The normalized spacial score (nSPS) is 8.43. The molecule has 0 saturated heterocycles. The molecule has 0 aromatic rings. The first-order valence-electron chi connectivity index (χ1n) is 4.29. The van der Waals surface area contributed by atoms with Crippen molar-refractivity contribution in [1.82, 2.24) is 5.32 Å². The molecule has 0 aliphatic rings. The number of hydrogen-bond acceptors (Lipinski definition) is 3. The minimum atomic E-state index is -1.27. The Morgan fingerprint density at radius 2 is 1.64 bits per heavy atom. The highest BCUT2D eigenvalue weighted by Gasteiger charge is 2.07. The maximum absolute atomic E-state index is 9.87. The molecule has 0 unspecified atom stereocenters. The van der Waals surface area contributed by atoms with E-state index in [1.54, 1.807) is 0 Å². The minimum absolute atomic E-state index is 0.303. The van der Waals surface area contributed by atoms with Crippen molar-refractivity contribution in [2.24, 2.45) is 0 Å². The lowest BCUT2D eigenvalue weighted by molar-refractivity contribution is -0.139. The molecule has 5 nitrogen and oxygen atoms in total. The van der Waals surface area contributed by atoms with Crippen molar-refractivity contribution in [3.8, 4) is 0 Å². The van der Waals surface area contributed by atoms with E-state index in [0.29, 0.717) is 0 Å². The fourth-order valence-corrected chi connectivity index (χ4v) is 0.508. The summed E-state index contributed by atoms with van der Waals surface area (Å²) in [4.78, 5) is 19.7. The summed E-state index contributed by atoms with van der Waals surface area (Å²) in [5, 5.41) is 19.2. The van der Waals surface area contributed by atoms with E-state index in [9.17, 15) is 9.59 Å². The van der Waals surface area contributed by atoms with Gasteiger partial charge in [-0.05, 0) is 13.1 Å². The lowest BCUT2D eigenvalue weighted by Gasteiger charge is -1.91. The number of carboxylic acid groups (broad SMARTS) is 2. The van der Waals surface area contributed by atoms with Crippen LogP contribution in [0.4, 0.5) is 0 Å². The molecular weight excluding hydrogens is 186 g/mol. The number of rotatable bonds is 5. The van der Waals surface area contributed by atoms with Gasteiger partial charge in [0.1, 0.15) is 0 Å². The second-order valence-corrected chi connectivity index (χ2v) is 2.44. The summed E-state index contributed by atoms with van der Waals surface area (Å²) in [7, 11) is 0.